The van der Waals surface area contributed by atoms with Gasteiger partial charge in [0.1, 0.15) is 10.7 Å². The van der Waals surface area contributed by atoms with E-state index in [1.807, 2.05) is 61.3 Å². The van der Waals surface area contributed by atoms with E-state index in [1.54, 1.807) is 22.8 Å². The Labute approximate surface area is 255 Å². The van der Waals surface area contributed by atoms with E-state index in [1.165, 1.54) is 11.3 Å². The van der Waals surface area contributed by atoms with Gasteiger partial charge in [-0.05, 0) is 43.9 Å². The Bertz CT molecular complexity index is 1440. The molecule has 0 saturated carbocycles. The third-order valence-corrected chi connectivity index (χ3v) is 10.1. The lowest BCUT2D eigenvalue weighted by Gasteiger charge is -2.44. The number of carbonyl (C=O) groups excluding carboxylic acids is 3. The van der Waals surface area contributed by atoms with E-state index in [0.29, 0.717) is 61.2 Å². The maximum Gasteiger partial charge on any atom is 0.273 e. The Morgan fingerprint density at radius 3 is 2.29 bits per heavy atom. The zero-order valence-corrected chi connectivity index (χ0v) is 25.8. The van der Waals surface area contributed by atoms with Gasteiger partial charge in [-0.2, -0.15) is 0 Å². The first-order valence-electron chi connectivity index (χ1n) is 13.9. The molecule has 2 unspecified atom stereocenters. The van der Waals surface area contributed by atoms with E-state index in [0.717, 1.165) is 21.0 Å². The summed E-state index contributed by atoms with van der Waals surface area (Å²) in [5.74, 6) is -0.220. The molecule has 0 spiro atoms. The van der Waals surface area contributed by atoms with E-state index in [-0.39, 0.29) is 35.6 Å². The van der Waals surface area contributed by atoms with Crippen LogP contribution in [0.5, 0.6) is 0 Å². The average molecular weight is 614 g/mol. The molecule has 5 rings (SSSR count). The molecule has 2 atom stereocenters. The lowest BCUT2D eigenvalue weighted by Crippen LogP contribution is -2.53. The number of benzene rings is 2. The fraction of sp³-hybridized carbons (Fsp3) is 0.419. The molecule has 0 aliphatic carbocycles. The van der Waals surface area contributed by atoms with Crippen molar-refractivity contribution in [3.05, 3.63) is 74.7 Å². The normalized spacial score (nSPS) is 19.7. The summed E-state index contributed by atoms with van der Waals surface area (Å²) in [7, 11) is 1.83. The summed E-state index contributed by atoms with van der Waals surface area (Å²) in [5.41, 5.74) is 2.38. The summed E-state index contributed by atoms with van der Waals surface area (Å²) >= 11 is 14.2. The summed E-state index contributed by atoms with van der Waals surface area (Å²) < 4.78 is 0. The molecule has 3 amide bonds. The summed E-state index contributed by atoms with van der Waals surface area (Å²) in [6.07, 6.45) is 1.96. The second kappa shape index (κ2) is 12.5. The fourth-order valence-corrected chi connectivity index (χ4v) is 7.21. The summed E-state index contributed by atoms with van der Waals surface area (Å²) in [6, 6.07) is 15.3. The molecule has 3 aromatic rings. The SMILES string of the molecule is CC(=O)N1CCC(C(=O)N2CCC(N(C)C(=O)c3nc(-c4ccccc4)sc3C)C(c3ccc(Cl)c(Cl)c3)C2)CC1. The van der Waals surface area contributed by atoms with Crippen molar-refractivity contribution in [3.63, 3.8) is 0 Å². The van der Waals surface area contributed by atoms with Crippen molar-refractivity contribution >= 4 is 52.3 Å². The minimum atomic E-state index is -0.162. The van der Waals surface area contributed by atoms with E-state index in [4.69, 9.17) is 28.2 Å². The highest BCUT2D eigenvalue weighted by Crippen LogP contribution is 2.36. The van der Waals surface area contributed by atoms with Gasteiger partial charge in [-0.15, -0.1) is 11.3 Å². The molecule has 3 heterocycles. The van der Waals surface area contributed by atoms with Crippen molar-refractivity contribution < 1.29 is 14.4 Å². The Morgan fingerprint density at radius 2 is 1.63 bits per heavy atom. The van der Waals surface area contributed by atoms with Crippen LogP contribution >= 0.6 is 34.5 Å². The van der Waals surface area contributed by atoms with Crippen molar-refractivity contribution in [1.29, 1.82) is 0 Å². The zero-order valence-electron chi connectivity index (χ0n) is 23.5. The molecule has 0 radical (unpaired) electrons. The van der Waals surface area contributed by atoms with Crippen LogP contribution in [0.3, 0.4) is 0 Å². The number of likely N-dealkylation sites (N-methyl/N-ethyl adjacent to an activating group) is 1. The molecule has 10 heteroatoms. The maximum atomic E-state index is 13.9. The van der Waals surface area contributed by atoms with E-state index >= 15 is 0 Å². The number of halogens is 2. The van der Waals surface area contributed by atoms with Gasteiger partial charge >= 0.3 is 0 Å². The number of hydrogen-bond donors (Lipinski definition) is 0. The van der Waals surface area contributed by atoms with Crippen LogP contribution in [0.2, 0.25) is 10.0 Å². The molecule has 1 aromatic heterocycles. The van der Waals surface area contributed by atoms with Crippen molar-refractivity contribution in [3.8, 4) is 10.6 Å². The Morgan fingerprint density at radius 1 is 0.951 bits per heavy atom. The quantitative estimate of drug-likeness (QED) is 0.347. The highest BCUT2D eigenvalue weighted by Gasteiger charge is 2.39. The Hall–Kier alpha value is -2.94. The van der Waals surface area contributed by atoms with Gasteiger partial charge in [0.2, 0.25) is 11.8 Å². The number of likely N-dealkylation sites (tertiary alicyclic amines) is 2. The van der Waals surface area contributed by atoms with E-state index in [2.05, 4.69) is 0 Å². The smallest absolute Gasteiger partial charge is 0.273 e. The van der Waals surface area contributed by atoms with Crippen molar-refractivity contribution in [2.24, 2.45) is 5.92 Å². The average Bonchev–Trinajstić information content (AvgIpc) is 3.39. The summed E-state index contributed by atoms with van der Waals surface area (Å²) in [6.45, 7) is 5.73. The minimum Gasteiger partial charge on any atom is -0.343 e. The number of hydrogen-bond acceptors (Lipinski definition) is 5. The molecule has 2 aromatic carbocycles. The van der Waals surface area contributed by atoms with Crippen molar-refractivity contribution in [2.45, 2.75) is 45.1 Å². The van der Waals surface area contributed by atoms with Crippen LogP contribution in [0.1, 0.15) is 53.0 Å². The number of carbonyl (C=O) groups is 3. The molecule has 216 valence electrons. The first-order chi connectivity index (χ1) is 19.6. The third kappa shape index (κ3) is 6.30. The van der Waals surface area contributed by atoms with Crippen molar-refractivity contribution in [1.82, 2.24) is 19.7 Å². The largest absolute Gasteiger partial charge is 0.343 e. The number of aryl methyl sites for hydroxylation is 1. The predicted octanol–water partition coefficient (Wildman–Crippen LogP) is 6.14. The van der Waals surface area contributed by atoms with Crippen LogP contribution < -0.4 is 0 Å². The number of piperidine rings is 2. The molecule has 2 aliphatic rings. The van der Waals surface area contributed by atoms with Gasteiger partial charge in [-0.3, -0.25) is 14.4 Å². The van der Waals surface area contributed by atoms with Crippen LogP contribution in [0.15, 0.2) is 48.5 Å². The standard InChI is InChI=1S/C31H34Cl2N4O3S/c1-19-28(34-29(41-19)21-7-5-4-6-8-21)31(40)35(3)27-13-16-37(18-24(27)23-9-10-25(32)26(33)17-23)30(39)22-11-14-36(15-12-22)20(2)38/h4-10,17,22,24,27H,11-16,18H2,1-3H3. The van der Waals surface area contributed by atoms with Crippen LogP contribution in [-0.4, -0.2) is 76.7 Å². The Balaban J connectivity index is 1.38. The molecule has 2 aliphatic heterocycles. The van der Waals surface area contributed by atoms with Gasteiger partial charge in [0.05, 0.1) is 10.0 Å². The van der Waals surface area contributed by atoms with Gasteiger partial charge < -0.3 is 14.7 Å². The molecule has 2 saturated heterocycles. The number of aromatic nitrogens is 1. The number of thiazole rings is 1. The monoisotopic (exact) mass is 612 g/mol. The molecule has 0 bridgehead atoms. The van der Waals surface area contributed by atoms with Gasteiger partial charge in [0.25, 0.3) is 5.91 Å². The second-order valence-corrected chi connectivity index (χ2v) is 12.9. The van der Waals surface area contributed by atoms with E-state index in [9.17, 15) is 14.4 Å². The topological polar surface area (TPSA) is 73.8 Å². The van der Waals surface area contributed by atoms with Crippen LogP contribution in [-0.2, 0) is 9.59 Å². The zero-order chi connectivity index (χ0) is 29.3. The third-order valence-electron chi connectivity index (χ3n) is 8.39. The van der Waals surface area contributed by atoms with Gasteiger partial charge in [0, 0.05) is 68.5 Å². The van der Waals surface area contributed by atoms with Crippen LogP contribution in [0.25, 0.3) is 10.6 Å². The molecule has 41 heavy (non-hydrogen) atoms. The lowest BCUT2D eigenvalue weighted by molar-refractivity contribution is -0.141. The first-order valence-corrected chi connectivity index (χ1v) is 15.5. The van der Waals surface area contributed by atoms with Gasteiger partial charge in [0.15, 0.2) is 0 Å². The maximum absolute atomic E-state index is 13.9. The molecule has 7 nitrogen and oxygen atoms in total. The second-order valence-electron chi connectivity index (χ2n) is 10.9. The highest BCUT2D eigenvalue weighted by molar-refractivity contribution is 7.15. The van der Waals surface area contributed by atoms with E-state index < -0.39 is 0 Å². The Kier molecular flexibility index (Phi) is 9.02. The number of nitrogens with zero attached hydrogens (tertiary/aromatic N) is 4. The molecular weight excluding hydrogens is 579 g/mol. The van der Waals surface area contributed by atoms with Crippen molar-refractivity contribution in [2.75, 3.05) is 33.2 Å². The molecule has 2 fully saturated rings. The highest BCUT2D eigenvalue weighted by atomic mass is 35.5. The van der Waals surface area contributed by atoms with Crippen LogP contribution in [0.4, 0.5) is 0 Å². The van der Waals surface area contributed by atoms with Gasteiger partial charge in [-0.1, -0.05) is 59.6 Å². The lowest BCUT2D eigenvalue weighted by atomic mass is 9.84. The summed E-state index contributed by atoms with van der Waals surface area (Å²) in [5, 5.41) is 1.72. The minimum absolute atomic E-state index is 0.0512. The number of amides is 3. The van der Waals surface area contributed by atoms with Crippen LogP contribution in [0, 0.1) is 12.8 Å². The predicted molar refractivity (Wildman–Crippen MR) is 164 cm³/mol. The fourth-order valence-electron chi connectivity index (χ4n) is 5.99. The van der Waals surface area contributed by atoms with Gasteiger partial charge in [-0.25, -0.2) is 4.98 Å². The molecule has 0 N–H and O–H groups in total. The first kappa shape index (κ1) is 29.5. The number of rotatable bonds is 5. The molecular formula is C31H34Cl2N4O3S. The summed E-state index contributed by atoms with van der Waals surface area (Å²) in [4.78, 5) is 50.4.